The topological polar surface area (TPSA) is 75.4 Å². The second kappa shape index (κ2) is 4.75. The summed E-state index contributed by atoms with van der Waals surface area (Å²) in [6.07, 6.45) is 4.03. The Labute approximate surface area is 84.9 Å². The maximum Gasteiger partial charge on any atom is 0.220 e. The number of nitrogens with two attached hydrogens (primary N) is 1. The molecule has 14 heavy (non-hydrogen) atoms. The average molecular weight is 200 g/mol. The zero-order chi connectivity index (χ0) is 10.6. The fourth-order valence-corrected chi connectivity index (χ4v) is 1.42. The monoisotopic (exact) mass is 200 g/mol. The lowest BCUT2D eigenvalue weighted by atomic mass is 10.1. The Kier molecular flexibility index (Phi) is 3.89. The van der Waals surface area contributed by atoms with Crippen molar-refractivity contribution in [2.75, 3.05) is 6.61 Å². The lowest BCUT2D eigenvalue weighted by Crippen LogP contribution is -2.39. The maximum atomic E-state index is 11.4. The Morgan fingerprint density at radius 2 is 2.29 bits per heavy atom. The second-order valence-corrected chi connectivity index (χ2v) is 4.36. The van der Waals surface area contributed by atoms with Crippen molar-refractivity contribution in [3.05, 3.63) is 0 Å². The van der Waals surface area contributed by atoms with E-state index in [-0.39, 0.29) is 24.1 Å². The van der Waals surface area contributed by atoms with Crippen LogP contribution in [0.1, 0.15) is 39.0 Å². The molecule has 0 bridgehead atoms. The quantitative estimate of drug-likeness (QED) is 0.571. The number of hydrogen-bond acceptors (Lipinski definition) is 3. The number of carbonyl (C=O) groups excluding carboxylic acids is 1. The van der Waals surface area contributed by atoms with E-state index in [9.17, 15) is 4.79 Å². The molecule has 1 fully saturated rings. The minimum Gasteiger partial charge on any atom is -0.394 e. The van der Waals surface area contributed by atoms with Crippen LogP contribution in [0, 0.1) is 0 Å². The minimum atomic E-state index is -0.272. The number of nitrogens with one attached hydrogen (secondary N) is 1. The molecule has 0 heterocycles. The third-order valence-corrected chi connectivity index (χ3v) is 2.62. The van der Waals surface area contributed by atoms with Crippen molar-refractivity contribution < 1.29 is 9.90 Å². The zero-order valence-electron chi connectivity index (χ0n) is 8.75. The van der Waals surface area contributed by atoms with Crippen LogP contribution in [0.2, 0.25) is 0 Å². The van der Waals surface area contributed by atoms with Crippen LogP contribution in [0.3, 0.4) is 0 Å². The van der Waals surface area contributed by atoms with Crippen molar-refractivity contribution in [2.45, 2.75) is 50.6 Å². The van der Waals surface area contributed by atoms with Gasteiger partial charge in [0.25, 0.3) is 0 Å². The highest BCUT2D eigenvalue weighted by molar-refractivity contribution is 5.77. The summed E-state index contributed by atoms with van der Waals surface area (Å²) in [5, 5.41) is 11.8. The molecule has 4 N–H and O–H groups in total. The summed E-state index contributed by atoms with van der Waals surface area (Å²) in [5.74, 6) is 0.0391. The summed E-state index contributed by atoms with van der Waals surface area (Å²) in [7, 11) is 0. The van der Waals surface area contributed by atoms with Gasteiger partial charge in [0.1, 0.15) is 0 Å². The Morgan fingerprint density at radius 1 is 1.64 bits per heavy atom. The highest BCUT2D eigenvalue weighted by Gasteiger charge is 2.43. The predicted octanol–water partition coefficient (Wildman–Crippen LogP) is 0.145. The minimum absolute atomic E-state index is 0.0391. The van der Waals surface area contributed by atoms with Gasteiger partial charge in [0.2, 0.25) is 5.91 Å². The first-order chi connectivity index (χ1) is 6.58. The fourth-order valence-electron chi connectivity index (χ4n) is 1.42. The van der Waals surface area contributed by atoms with Gasteiger partial charge >= 0.3 is 0 Å². The van der Waals surface area contributed by atoms with Crippen LogP contribution >= 0.6 is 0 Å². The summed E-state index contributed by atoms with van der Waals surface area (Å²) in [4.78, 5) is 11.4. The van der Waals surface area contributed by atoms with Gasteiger partial charge in [-0.05, 0) is 32.6 Å². The molecule has 82 valence electrons. The van der Waals surface area contributed by atoms with Gasteiger partial charge in [-0.2, -0.15) is 0 Å². The molecule has 1 aliphatic rings. The molecule has 0 aromatic carbocycles. The van der Waals surface area contributed by atoms with E-state index in [0.29, 0.717) is 6.42 Å². The van der Waals surface area contributed by atoms with Crippen molar-refractivity contribution in [1.29, 1.82) is 0 Å². The van der Waals surface area contributed by atoms with E-state index >= 15 is 0 Å². The number of carbonyl (C=O) groups is 1. The van der Waals surface area contributed by atoms with Gasteiger partial charge in [-0.15, -0.1) is 0 Å². The molecule has 0 saturated heterocycles. The number of aliphatic hydroxyl groups is 1. The Morgan fingerprint density at radius 3 is 2.71 bits per heavy atom. The highest BCUT2D eigenvalue weighted by Crippen LogP contribution is 2.34. The SMILES string of the molecule is CC(N)CCCC(=O)NC1(CO)CC1. The molecular formula is C10H20N2O2. The van der Waals surface area contributed by atoms with E-state index in [4.69, 9.17) is 10.8 Å². The van der Waals surface area contributed by atoms with Gasteiger partial charge in [0.15, 0.2) is 0 Å². The van der Waals surface area contributed by atoms with E-state index < -0.39 is 0 Å². The first-order valence-corrected chi connectivity index (χ1v) is 5.25. The third-order valence-electron chi connectivity index (χ3n) is 2.62. The van der Waals surface area contributed by atoms with E-state index in [1.165, 1.54) is 0 Å². The second-order valence-electron chi connectivity index (χ2n) is 4.36. The lowest BCUT2D eigenvalue weighted by Gasteiger charge is -2.14. The molecule has 1 atom stereocenters. The molecule has 0 aliphatic heterocycles. The molecule has 0 spiro atoms. The molecule has 4 nitrogen and oxygen atoms in total. The van der Waals surface area contributed by atoms with Crippen molar-refractivity contribution in [3.63, 3.8) is 0 Å². The molecule has 1 saturated carbocycles. The lowest BCUT2D eigenvalue weighted by molar-refractivity contribution is -0.122. The molecular weight excluding hydrogens is 180 g/mol. The molecule has 0 aromatic heterocycles. The predicted molar refractivity (Wildman–Crippen MR) is 54.7 cm³/mol. The van der Waals surface area contributed by atoms with Crippen LogP contribution in [-0.4, -0.2) is 29.2 Å². The summed E-state index contributed by atoms with van der Waals surface area (Å²) in [6, 6.07) is 0.163. The number of rotatable bonds is 6. The van der Waals surface area contributed by atoms with Gasteiger partial charge in [0, 0.05) is 12.5 Å². The third kappa shape index (κ3) is 3.64. The van der Waals surface area contributed by atoms with Crippen molar-refractivity contribution >= 4 is 5.91 Å². The fraction of sp³-hybridized carbons (Fsp3) is 0.900. The maximum absolute atomic E-state index is 11.4. The summed E-state index contributed by atoms with van der Waals surface area (Å²) >= 11 is 0. The van der Waals surface area contributed by atoms with Crippen LogP contribution in [0.25, 0.3) is 0 Å². The standard InChI is InChI=1S/C10H20N2O2/c1-8(11)3-2-4-9(14)12-10(7-13)5-6-10/h8,13H,2-7,11H2,1H3,(H,12,14). The summed E-state index contributed by atoms with van der Waals surface area (Å²) in [6.45, 7) is 2.00. The van der Waals surface area contributed by atoms with E-state index in [1.54, 1.807) is 0 Å². The molecule has 1 rings (SSSR count). The van der Waals surface area contributed by atoms with Gasteiger partial charge in [-0.25, -0.2) is 0 Å². The van der Waals surface area contributed by atoms with Crippen LogP contribution in [0.15, 0.2) is 0 Å². The largest absolute Gasteiger partial charge is 0.394 e. The first kappa shape index (κ1) is 11.5. The van der Waals surface area contributed by atoms with Gasteiger partial charge in [-0.1, -0.05) is 0 Å². The summed E-state index contributed by atoms with van der Waals surface area (Å²) in [5.41, 5.74) is 5.30. The van der Waals surface area contributed by atoms with Crippen LogP contribution in [0.5, 0.6) is 0 Å². The zero-order valence-corrected chi connectivity index (χ0v) is 8.75. The Hall–Kier alpha value is -0.610. The smallest absolute Gasteiger partial charge is 0.220 e. The first-order valence-electron chi connectivity index (χ1n) is 5.25. The molecule has 4 heteroatoms. The number of hydrogen-bond donors (Lipinski definition) is 3. The molecule has 0 radical (unpaired) electrons. The molecule has 0 aromatic rings. The normalized spacial score (nSPS) is 20.2. The van der Waals surface area contributed by atoms with E-state index in [2.05, 4.69) is 5.32 Å². The summed E-state index contributed by atoms with van der Waals surface area (Å²) < 4.78 is 0. The highest BCUT2D eigenvalue weighted by atomic mass is 16.3. The van der Waals surface area contributed by atoms with Crippen molar-refractivity contribution in [3.8, 4) is 0 Å². The number of aliphatic hydroxyl groups excluding tert-OH is 1. The van der Waals surface area contributed by atoms with Gasteiger partial charge in [0.05, 0.1) is 12.1 Å². The Balaban J connectivity index is 2.10. The average Bonchev–Trinajstić information content (AvgIpc) is 2.85. The molecule has 1 aliphatic carbocycles. The van der Waals surface area contributed by atoms with Crippen LogP contribution < -0.4 is 11.1 Å². The van der Waals surface area contributed by atoms with E-state index in [1.807, 2.05) is 6.92 Å². The van der Waals surface area contributed by atoms with Gasteiger partial charge < -0.3 is 16.2 Å². The van der Waals surface area contributed by atoms with Gasteiger partial charge in [-0.3, -0.25) is 4.79 Å². The molecule has 1 amide bonds. The van der Waals surface area contributed by atoms with E-state index in [0.717, 1.165) is 25.7 Å². The van der Waals surface area contributed by atoms with Crippen LogP contribution in [-0.2, 0) is 4.79 Å². The van der Waals surface area contributed by atoms with Crippen LogP contribution in [0.4, 0.5) is 0 Å². The Bertz CT molecular complexity index is 200. The van der Waals surface area contributed by atoms with Crippen molar-refractivity contribution in [2.24, 2.45) is 5.73 Å². The number of amides is 1. The van der Waals surface area contributed by atoms with Crippen molar-refractivity contribution in [1.82, 2.24) is 5.32 Å². The molecule has 1 unspecified atom stereocenters.